The van der Waals surface area contributed by atoms with Crippen molar-refractivity contribution in [2.45, 2.75) is 24.2 Å². The molecule has 0 aliphatic carbocycles. The fraction of sp³-hybridized carbons (Fsp3) is 0.417. The number of nitrogens with zero attached hydrogens (tertiary/aromatic N) is 1. The standard InChI is InChI=1S/C12H17N3O2S2/c13-12(18)14-10-5-4-6-11(9-10)19(16,17)15-7-2-1-3-8-15/h4-6,9H,1-3,7-8H2,(H3,13,14,18). The minimum absolute atomic E-state index is 0.118. The summed E-state index contributed by atoms with van der Waals surface area (Å²) in [6.45, 7) is 1.19. The molecule has 1 fully saturated rings. The molecule has 7 heteroatoms. The Balaban J connectivity index is 2.26. The van der Waals surface area contributed by atoms with E-state index in [0.29, 0.717) is 18.8 Å². The maximum atomic E-state index is 12.5. The fourth-order valence-corrected chi connectivity index (χ4v) is 3.81. The molecule has 2 rings (SSSR count). The van der Waals surface area contributed by atoms with Gasteiger partial charge < -0.3 is 11.1 Å². The predicted octanol–water partition coefficient (Wildman–Crippen LogP) is 1.52. The summed E-state index contributed by atoms with van der Waals surface area (Å²) >= 11 is 4.75. The van der Waals surface area contributed by atoms with E-state index < -0.39 is 10.0 Å². The van der Waals surface area contributed by atoms with Crippen LogP contribution in [0.15, 0.2) is 29.2 Å². The van der Waals surface area contributed by atoms with Crippen LogP contribution in [-0.2, 0) is 10.0 Å². The van der Waals surface area contributed by atoms with Gasteiger partial charge in [-0.05, 0) is 43.3 Å². The third kappa shape index (κ3) is 3.43. The molecule has 5 nitrogen and oxygen atoms in total. The number of anilines is 1. The topological polar surface area (TPSA) is 75.4 Å². The number of piperidine rings is 1. The summed E-state index contributed by atoms with van der Waals surface area (Å²) in [7, 11) is -3.41. The first-order chi connectivity index (χ1) is 9.00. The van der Waals surface area contributed by atoms with Gasteiger partial charge in [0.1, 0.15) is 0 Å². The SMILES string of the molecule is NC(=S)Nc1cccc(S(=O)(=O)N2CCCCC2)c1. The summed E-state index contributed by atoms with van der Waals surface area (Å²) < 4.78 is 26.5. The van der Waals surface area contributed by atoms with Crippen LogP contribution in [0.25, 0.3) is 0 Å². The van der Waals surface area contributed by atoms with Crippen molar-refractivity contribution in [2.24, 2.45) is 5.73 Å². The third-order valence-electron chi connectivity index (χ3n) is 3.05. The lowest BCUT2D eigenvalue weighted by Gasteiger charge is -2.26. The van der Waals surface area contributed by atoms with Gasteiger partial charge in [-0.3, -0.25) is 0 Å². The van der Waals surface area contributed by atoms with Crippen molar-refractivity contribution >= 4 is 33.0 Å². The van der Waals surface area contributed by atoms with Crippen LogP contribution in [0.5, 0.6) is 0 Å². The Morgan fingerprint density at radius 2 is 1.95 bits per heavy atom. The molecule has 1 aliphatic rings. The number of nitrogens with two attached hydrogens (primary N) is 1. The first-order valence-electron chi connectivity index (χ1n) is 6.17. The highest BCUT2D eigenvalue weighted by Gasteiger charge is 2.25. The van der Waals surface area contributed by atoms with E-state index in [1.807, 2.05) is 0 Å². The fourth-order valence-electron chi connectivity index (χ4n) is 2.13. The number of hydrogen-bond acceptors (Lipinski definition) is 3. The minimum atomic E-state index is -3.41. The van der Waals surface area contributed by atoms with Crippen molar-refractivity contribution in [3.05, 3.63) is 24.3 Å². The zero-order valence-electron chi connectivity index (χ0n) is 10.5. The smallest absolute Gasteiger partial charge is 0.243 e. The van der Waals surface area contributed by atoms with Gasteiger partial charge >= 0.3 is 0 Å². The number of benzene rings is 1. The number of thiocarbonyl (C=S) groups is 1. The van der Waals surface area contributed by atoms with Crippen LogP contribution < -0.4 is 11.1 Å². The summed E-state index contributed by atoms with van der Waals surface area (Å²) in [5.74, 6) is 0. The van der Waals surface area contributed by atoms with E-state index in [9.17, 15) is 8.42 Å². The number of hydrogen-bond donors (Lipinski definition) is 2. The van der Waals surface area contributed by atoms with Crippen LogP contribution in [-0.4, -0.2) is 30.9 Å². The molecule has 1 heterocycles. The Bertz CT molecular complexity index is 566. The minimum Gasteiger partial charge on any atom is -0.376 e. The molecule has 3 N–H and O–H groups in total. The predicted molar refractivity (Wildman–Crippen MR) is 79.5 cm³/mol. The van der Waals surface area contributed by atoms with Gasteiger partial charge in [0, 0.05) is 18.8 Å². The molecule has 1 aromatic rings. The van der Waals surface area contributed by atoms with Gasteiger partial charge in [-0.2, -0.15) is 4.31 Å². The summed E-state index contributed by atoms with van der Waals surface area (Å²) in [5, 5.41) is 2.86. The second kappa shape index (κ2) is 5.85. The molecular weight excluding hydrogens is 282 g/mol. The summed E-state index contributed by atoms with van der Waals surface area (Å²) in [6, 6.07) is 6.56. The Morgan fingerprint density at radius 3 is 2.58 bits per heavy atom. The Kier molecular flexibility index (Phi) is 4.38. The average Bonchev–Trinajstić information content (AvgIpc) is 2.39. The van der Waals surface area contributed by atoms with Crippen LogP contribution in [0.4, 0.5) is 5.69 Å². The lowest BCUT2D eigenvalue weighted by molar-refractivity contribution is 0.346. The molecule has 0 spiro atoms. The lowest BCUT2D eigenvalue weighted by Crippen LogP contribution is -2.35. The molecule has 1 saturated heterocycles. The zero-order chi connectivity index (χ0) is 13.9. The first kappa shape index (κ1) is 14.2. The first-order valence-corrected chi connectivity index (χ1v) is 8.01. The molecule has 0 aromatic heterocycles. The molecule has 0 radical (unpaired) electrons. The van der Waals surface area contributed by atoms with Gasteiger partial charge in [-0.25, -0.2) is 8.42 Å². The molecule has 0 bridgehead atoms. The number of rotatable bonds is 3. The van der Waals surface area contributed by atoms with Gasteiger partial charge in [0.25, 0.3) is 0 Å². The lowest BCUT2D eigenvalue weighted by atomic mass is 10.2. The quantitative estimate of drug-likeness (QED) is 0.828. The van der Waals surface area contributed by atoms with Crippen molar-refractivity contribution in [1.29, 1.82) is 0 Å². The van der Waals surface area contributed by atoms with Crippen LogP contribution >= 0.6 is 12.2 Å². The highest BCUT2D eigenvalue weighted by molar-refractivity contribution is 7.89. The van der Waals surface area contributed by atoms with E-state index in [-0.39, 0.29) is 10.0 Å². The van der Waals surface area contributed by atoms with Gasteiger partial charge in [-0.15, -0.1) is 0 Å². The van der Waals surface area contributed by atoms with E-state index in [4.69, 9.17) is 18.0 Å². The molecule has 0 unspecified atom stereocenters. The molecular formula is C12H17N3O2S2. The van der Waals surface area contributed by atoms with Crippen molar-refractivity contribution in [2.75, 3.05) is 18.4 Å². The average molecular weight is 299 g/mol. The van der Waals surface area contributed by atoms with Crippen molar-refractivity contribution in [3.63, 3.8) is 0 Å². The van der Waals surface area contributed by atoms with Gasteiger partial charge in [0.15, 0.2) is 5.11 Å². The van der Waals surface area contributed by atoms with E-state index in [1.165, 1.54) is 4.31 Å². The Labute approximate surface area is 118 Å². The van der Waals surface area contributed by atoms with Crippen LogP contribution in [0.3, 0.4) is 0 Å². The third-order valence-corrected chi connectivity index (χ3v) is 5.05. The largest absolute Gasteiger partial charge is 0.376 e. The van der Waals surface area contributed by atoms with Crippen LogP contribution in [0.1, 0.15) is 19.3 Å². The summed E-state index contributed by atoms with van der Waals surface area (Å²) in [4.78, 5) is 0.274. The number of nitrogens with one attached hydrogen (secondary N) is 1. The van der Waals surface area contributed by atoms with Crippen LogP contribution in [0, 0.1) is 0 Å². The molecule has 0 amide bonds. The molecule has 19 heavy (non-hydrogen) atoms. The molecule has 1 aliphatic heterocycles. The summed E-state index contributed by atoms with van der Waals surface area (Å²) in [6.07, 6.45) is 2.93. The van der Waals surface area contributed by atoms with Gasteiger partial charge in [-0.1, -0.05) is 12.5 Å². The highest BCUT2D eigenvalue weighted by Crippen LogP contribution is 2.22. The van der Waals surface area contributed by atoms with E-state index in [1.54, 1.807) is 24.3 Å². The van der Waals surface area contributed by atoms with Crippen LogP contribution in [0.2, 0.25) is 0 Å². The van der Waals surface area contributed by atoms with E-state index >= 15 is 0 Å². The maximum absolute atomic E-state index is 12.5. The highest BCUT2D eigenvalue weighted by atomic mass is 32.2. The van der Waals surface area contributed by atoms with Crippen molar-refractivity contribution < 1.29 is 8.42 Å². The molecule has 0 atom stereocenters. The van der Waals surface area contributed by atoms with Gasteiger partial charge in [0.2, 0.25) is 10.0 Å². The second-order valence-electron chi connectivity index (χ2n) is 4.48. The van der Waals surface area contributed by atoms with Crippen molar-refractivity contribution in [3.8, 4) is 0 Å². The summed E-state index contributed by atoms with van der Waals surface area (Å²) in [5.41, 5.74) is 5.98. The second-order valence-corrected chi connectivity index (χ2v) is 6.86. The zero-order valence-corrected chi connectivity index (χ0v) is 12.1. The van der Waals surface area contributed by atoms with Gasteiger partial charge in [0.05, 0.1) is 4.90 Å². The monoisotopic (exact) mass is 299 g/mol. The van der Waals surface area contributed by atoms with Crippen molar-refractivity contribution in [1.82, 2.24) is 4.31 Å². The maximum Gasteiger partial charge on any atom is 0.243 e. The molecule has 0 saturated carbocycles. The molecule has 1 aromatic carbocycles. The Hall–Kier alpha value is -1.18. The molecule has 104 valence electrons. The normalized spacial score (nSPS) is 17.1. The van der Waals surface area contributed by atoms with E-state index in [2.05, 4.69) is 5.32 Å². The Morgan fingerprint density at radius 1 is 1.26 bits per heavy atom. The number of sulfonamides is 1. The van der Waals surface area contributed by atoms with E-state index in [0.717, 1.165) is 19.3 Å².